The Balaban J connectivity index is 2.08. The zero-order valence-electron chi connectivity index (χ0n) is 11.4. The van der Waals surface area contributed by atoms with Gasteiger partial charge in [-0.05, 0) is 38.5 Å². The number of rotatable bonds is 2. The summed E-state index contributed by atoms with van der Waals surface area (Å²) in [6.45, 7) is 5.86. The molecule has 0 atom stereocenters. The topological polar surface area (TPSA) is 58.2 Å². The quantitative estimate of drug-likeness (QED) is 0.872. The number of benzene rings is 1. The van der Waals surface area contributed by atoms with Gasteiger partial charge in [0.05, 0.1) is 17.9 Å². The van der Waals surface area contributed by atoms with Gasteiger partial charge in [-0.3, -0.25) is 9.59 Å². The second-order valence-electron chi connectivity index (χ2n) is 5.64. The summed E-state index contributed by atoms with van der Waals surface area (Å²) in [7, 11) is 0. The fourth-order valence-corrected chi connectivity index (χ4v) is 2.68. The van der Waals surface area contributed by atoms with Crippen molar-refractivity contribution in [3.8, 4) is 0 Å². The Morgan fingerprint density at radius 3 is 2.84 bits per heavy atom. The van der Waals surface area contributed by atoms with Crippen LogP contribution in [0.5, 0.6) is 0 Å². The molecule has 102 valence electrons. The number of anilines is 1. The minimum Gasteiger partial charge on any atom is -0.351 e. The molecule has 0 bridgehead atoms. The van der Waals surface area contributed by atoms with Crippen LogP contribution in [0, 0.1) is 0 Å². The average molecular weight is 278 g/mol. The smallest absolute Gasteiger partial charge is 0.234 e. The third-order valence-electron chi connectivity index (χ3n) is 2.56. The molecule has 0 saturated carbocycles. The summed E-state index contributed by atoms with van der Waals surface area (Å²) in [5.41, 5.74) is 1.49. The van der Waals surface area contributed by atoms with Crippen molar-refractivity contribution in [1.82, 2.24) is 5.32 Å². The monoisotopic (exact) mass is 278 g/mol. The predicted octanol–water partition coefficient (Wildman–Crippen LogP) is 2.19. The number of fused-ring (bicyclic) bond motifs is 1. The van der Waals surface area contributed by atoms with Crippen LogP contribution >= 0.6 is 11.8 Å². The van der Waals surface area contributed by atoms with Gasteiger partial charge >= 0.3 is 0 Å². The number of hydrogen-bond donors (Lipinski definition) is 2. The Kier molecular flexibility index (Phi) is 3.85. The lowest BCUT2D eigenvalue weighted by Crippen LogP contribution is -2.41. The summed E-state index contributed by atoms with van der Waals surface area (Å²) in [6, 6.07) is 5.77. The summed E-state index contributed by atoms with van der Waals surface area (Å²) in [5.74, 6) is 0.452. The zero-order chi connectivity index (χ0) is 14.0. The van der Waals surface area contributed by atoms with Gasteiger partial charge in [-0.15, -0.1) is 11.8 Å². The number of amides is 2. The molecule has 0 saturated heterocycles. The number of thioether (sulfide) groups is 1. The highest BCUT2D eigenvalue weighted by atomic mass is 32.2. The Labute approximate surface area is 117 Å². The Hall–Kier alpha value is -1.49. The molecule has 2 rings (SSSR count). The van der Waals surface area contributed by atoms with Crippen LogP contribution in [-0.4, -0.2) is 23.1 Å². The lowest BCUT2D eigenvalue weighted by molar-refractivity contribution is -0.121. The van der Waals surface area contributed by atoms with Gasteiger partial charge in [-0.25, -0.2) is 0 Å². The molecular formula is C14H18N2O2S. The van der Waals surface area contributed by atoms with E-state index in [0.717, 1.165) is 16.1 Å². The van der Waals surface area contributed by atoms with Crippen LogP contribution in [0.1, 0.15) is 26.3 Å². The van der Waals surface area contributed by atoms with Crippen LogP contribution in [-0.2, 0) is 16.0 Å². The van der Waals surface area contributed by atoms with E-state index in [1.165, 1.54) is 11.8 Å². The van der Waals surface area contributed by atoms with E-state index in [-0.39, 0.29) is 17.4 Å². The summed E-state index contributed by atoms with van der Waals surface area (Å²) >= 11 is 1.52. The Morgan fingerprint density at radius 2 is 2.16 bits per heavy atom. The lowest BCUT2D eigenvalue weighted by Gasteiger charge is -2.21. The first-order valence-corrected chi connectivity index (χ1v) is 7.19. The molecule has 1 aliphatic rings. The molecule has 0 fully saturated rings. The van der Waals surface area contributed by atoms with Crippen molar-refractivity contribution < 1.29 is 9.59 Å². The molecule has 0 spiro atoms. The summed E-state index contributed by atoms with van der Waals surface area (Å²) < 4.78 is 0. The van der Waals surface area contributed by atoms with Crippen LogP contribution < -0.4 is 10.6 Å². The van der Waals surface area contributed by atoms with Gasteiger partial charge in [-0.2, -0.15) is 0 Å². The van der Waals surface area contributed by atoms with Crippen LogP contribution in [0.3, 0.4) is 0 Å². The molecular weight excluding hydrogens is 260 g/mol. The van der Waals surface area contributed by atoms with Crippen molar-refractivity contribution in [1.29, 1.82) is 0 Å². The van der Waals surface area contributed by atoms with Crippen molar-refractivity contribution >= 4 is 29.3 Å². The molecule has 4 nitrogen and oxygen atoms in total. The maximum Gasteiger partial charge on any atom is 0.234 e. The molecule has 0 aliphatic carbocycles. The molecule has 2 amide bonds. The molecule has 0 aromatic heterocycles. The molecule has 5 heteroatoms. The maximum atomic E-state index is 11.9. The summed E-state index contributed by atoms with van der Waals surface area (Å²) in [4.78, 5) is 24.2. The second-order valence-corrected chi connectivity index (χ2v) is 6.66. The van der Waals surface area contributed by atoms with Crippen LogP contribution in [0.15, 0.2) is 23.1 Å². The fraction of sp³-hybridized carbons (Fsp3) is 0.429. The van der Waals surface area contributed by atoms with E-state index < -0.39 is 0 Å². The van der Waals surface area contributed by atoms with Crippen LogP contribution in [0.25, 0.3) is 0 Å². The molecule has 1 aromatic rings. The van der Waals surface area contributed by atoms with E-state index >= 15 is 0 Å². The van der Waals surface area contributed by atoms with Crippen molar-refractivity contribution in [2.75, 3.05) is 11.1 Å². The van der Waals surface area contributed by atoms with Gasteiger partial charge in [-0.1, -0.05) is 6.07 Å². The maximum absolute atomic E-state index is 11.9. The first-order valence-electron chi connectivity index (χ1n) is 6.20. The minimum atomic E-state index is -0.227. The van der Waals surface area contributed by atoms with E-state index in [4.69, 9.17) is 0 Å². The van der Waals surface area contributed by atoms with E-state index in [0.29, 0.717) is 12.2 Å². The van der Waals surface area contributed by atoms with Gasteiger partial charge in [0.15, 0.2) is 0 Å². The zero-order valence-corrected chi connectivity index (χ0v) is 12.2. The second kappa shape index (κ2) is 5.25. The van der Waals surface area contributed by atoms with E-state index in [1.807, 2.05) is 39.0 Å². The van der Waals surface area contributed by atoms with Crippen molar-refractivity contribution in [3.05, 3.63) is 23.8 Å². The van der Waals surface area contributed by atoms with Gasteiger partial charge in [0.1, 0.15) is 0 Å². The standard InChI is InChI=1S/C14H18N2O2S/c1-14(2,3)16-12(17)7-9-4-5-11-10(6-9)15-13(18)8-19-11/h4-6H,7-8H2,1-3H3,(H,15,18)(H,16,17). The average Bonchev–Trinajstić information content (AvgIpc) is 2.25. The summed E-state index contributed by atoms with van der Waals surface area (Å²) in [5, 5.41) is 5.76. The molecule has 0 radical (unpaired) electrons. The number of carbonyl (C=O) groups excluding carboxylic acids is 2. The number of carbonyl (C=O) groups is 2. The van der Waals surface area contributed by atoms with Crippen molar-refractivity contribution in [2.24, 2.45) is 0 Å². The largest absolute Gasteiger partial charge is 0.351 e. The normalized spacial score (nSPS) is 14.6. The number of nitrogens with one attached hydrogen (secondary N) is 2. The van der Waals surface area contributed by atoms with E-state index in [1.54, 1.807) is 0 Å². The highest BCUT2D eigenvalue weighted by molar-refractivity contribution is 8.00. The lowest BCUT2D eigenvalue weighted by atomic mass is 10.1. The summed E-state index contributed by atoms with van der Waals surface area (Å²) in [6.07, 6.45) is 0.324. The SMILES string of the molecule is CC(C)(C)NC(=O)Cc1ccc2c(c1)NC(=O)CS2. The van der Waals surface area contributed by atoms with E-state index in [2.05, 4.69) is 10.6 Å². The van der Waals surface area contributed by atoms with Crippen molar-refractivity contribution in [3.63, 3.8) is 0 Å². The Morgan fingerprint density at radius 1 is 1.42 bits per heavy atom. The van der Waals surface area contributed by atoms with Crippen LogP contribution in [0.4, 0.5) is 5.69 Å². The van der Waals surface area contributed by atoms with Crippen LogP contribution in [0.2, 0.25) is 0 Å². The third kappa shape index (κ3) is 3.99. The van der Waals surface area contributed by atoms with Gasteiger partial charge in [0, 0.05) is 10.4 Å². The molecule has 1 aromatic carbocycles. The highest BCUT2D eigenvalue weighted by Crippen LogP contribution is 2.32. The van der Waals surface area contributed by atoms with Gasteiger partial charge in [0.25, 0.3) is 0 Å². The fourth-order valence-electron chi connectivity index (χ4n) is 1.89. The molecule has 1 heterocycles. The molecule has 19 heavy (non-hydrogen) atoms. The predicted molar refractivity (Wildman–Crippen MR) is 77.4 cm³/mol. The van der Waals surface area contributed by atoms with Gasteiger partial charge < -0.3 is 10.6 Å². The Bertz CT molecular complexity index is 521. The van der Waals surface area contributed by atoms with Crippen molar-refractivity contribution in [2.45, 2.75) is 37.6 Å². The first-order chi connectivity index (χ1) is 8.83. The molecule has 2 N–H and O–H groups in total. The minimum absolute atomic E-state index is 0.00814. The van der Waals surface area contributed by atoms with Gasteiger partial charge in [0.2, 0.25) is 11.8 Å². The molecule has 0 unspecified atom stereocenters. The first kappa shape index (κ1) is 13.9. The number of hydrogen-bond acceptors (Lipinski definition) is 3. The van der Waals surface area contributed by atoms with E-state index in [9.17, 15) is 9.59 Å². The molecule has 1 aliphatic heterocycles. The highest BCUT2D eigenvalue weighted by Gasteiger charge is 2.17. The third-order valence-corrected chi connectivity index (χ3v) is 3.63.